The van der Waals surface area contributed by atoms with Crippen molar-refractivity contribution >= 4 is 11.7 Å². The molecule has 2 aliphatic rings. The molecule has 1 aromatic heterocycles. The van der Waals surface area contributed by atoms with Gasteiger partial charge in [-0.25, -0.2) is 0 Å². The van der Waals surface area contributed by atoms with Gasteiger partial charge in [0.2, 0.25) is 5.88 Å². The monoisotopic (exact) mass is 448 g/mol. The number of anilines is 1. The van der Waals surface area contributed by atoms with Gasteiger partial charge in [-0.3, -0.25) is 4.79 Å². The van der Waals surface area contributed by atoms with Crippen molar-refractivity contribution in [1.82, 2.24) is 5.16 Å². The number of allylic oxidation sites excluding steroid dienone is 2. The van der Waals surface area contributed by atoms with E-state index in [0.717, 1.165) is 22.4 Å². The maximum atomic E-state index is 13.6. The van der Waals surface area contributed by atoms with Crippen LogP contribution in [0.15, 0.2) is 52.2 Å². The maximum Gasteiger partial charge on any atom is 0.233 e. The molecular formula is C25H24N2O6. The number of nitrogens with one attached hydrogen (secondary N) is 1. The van der Waals surface area contributed by atoms with Crippen molar-refractivity contribution in [2.75, 3.05) is 19.5 Å². The van der Waals surface area contributed by atoms with E-state index in [0.29, 0.717) is 41.5 Å². The number of Topliss-reactive ketones (excluding diaryl/α,β-unsaturated/α-hetero) is 1. The highest BCUT2D eigenvalue weighted by Gasteiger charge is 2.41. The molecule has 2 aromatic carbocycles. The van der Waals surface area contributed by atoms with E-state index in [9.17, 15) is 15.0 Å². The number of fused-ring (bicyclic) bond motifs is 1. The lowest BCUT2D eigenvalue weighted by Gasteiger charge is -2.34. The number of aromatic nitrogens is 1. The average Bonchev–Trinajstić information content (AvgIpc) is 3.18. The third-order valence-corrected chi connectivity index (χ3v) is 6.47. The van der Waals surface area contributed by atoms with Crippen molar-refractivity contribution in [3.63, 3.8) is 0 Å². The Balaban J connectivity index is 1.60. The second kappa shape index (κ2) is 7.88. The SMILES string of the molecule is COc1ccc([C@H]2C3=C(C[C@@H](c4ccc(O)c(OC)c4)CC3=O)Nc3onc(C)c32)cc1O. The molecule has 2 heterocycles. The standard InChI is InChI=1S/C25H24N2O6/c1-12-22-23(14-5-7-20(31-2)18(29)9-14)24-16(26-25(22)33-27-12)8-15(10-19(24)30)13-4-6-17(28)21(11-13)32-3/h4-7,9,11,15,23,26,28-29H,8,10H2,1-3H3/t15-,23-/m1/s1. The number of carbonyl (C=O) groups is 1. The van der Waals surface area contributed by atoms with Crippen molar-refractivity contribution in [2.45, 2.75) is 31.6 Å². The highest BCUT2D eigenvalue weighted by atomic mass is 16.5. The number of hydrogen-bond donors (Lipinski definition) is 3. The minimum Gasteiger partial charge on any atom is -0.504 e. The van der Waals surface area contributed by atoms with Crippen LogP contribution in [-0.4, -0.2) is 35.4 Å². The van der Waals surface area contributed by atoms with Crippen LogP contribution in [-0.2, 0) is 4.79 Å². The number of ether oxygens (including phenoxy) is 2. The van der Waals surface area contributed by atoms with Crippen molar-refractivity contribution in [3.8, 4) is 23.0 Å². The number of phenols is 2. The molecule has 3 N–H and O–H groups in total. The number of methoxy groups -OCH3 is 2. The molecule has 2 atom stereocenters. The summed E-state index contributed by atoms with van der Waals surface area (Å²) in [7, 11) is 2.99. The third kappa shape index (κ3) is 3.38. The van der Waals surface area contributed by atoms with Crippen LogP contribution in [0, 0.1) is 6.92 Å². The maximum absolute atomic E-state index is 13.6. The molecule has 0 spiro atoms. The van der Waals surface area contributed by atoms with E-state index in [2.05, 4.69) is 10.5 Å². The highest BCUT2D eigenvalue weighted by Crippen LogP contribution is 2.50. The summed E-state index contributed by atoms with van der Waals surface area (Å²) >= 11 is 0. The van der Waals surface area contributed by atoms with E-state index in [4.69, 9.17) is 14.0 Å². The number of benzene rings is 2. The first kappa shape index (κ1) is 20.9. The quantitative estimate of drug-likeness (QED) is 0.539. The van der Waals surface area contributed by atoms with E-state index in [1.807, 2.05) is 19.1 Å². The van der Waals surface area contributed by atoms with E-state index in [1.165, 1.54) is 14.2 Å². The van der Waals surface area contributed by atoms with Gasteiger partial charge in [0.15, 0.2) is 28.8 Å². The van der Waals surface area contributed by atoms with Crippen LogP contribution in [0.5, 0.6) is 23.0 Å². The summed E-state index contributed by atoms with van der Waals surface area (Å²) in [4.78, 5) is 13.6. The zero-order chi connectivity index (χ0) is 23.3. The number of ketones is 1. The summed E-state index contributed by atoms with van der Waals surface area (Å²) in [5.41, 5.74) is 4.56. The minimum atomic E-state index is -0.415. The van der Waals surface area contributed by atoms with Crippen LogP contribution in [0.2, 0.25) is 0 Å². The Labute approximate surface area is 190 Å². The molecular weight excluding hydrogens is 424 g/mol. The molecule has 1 aliphatic carbocycles. The molecule has 0 bridgehead atoms. The zero-order valence-corrected chi connectivity index (χ0v) is 18.5. The molecule has 0 fully saturated rings. The summed E-state index contributed by atoms with van der Waals surface area (Å²) in [5, 5.41) is 27.7. The number of carbonyl (C=O) groups excluding carboxylic acids is 1. The van der Waals surface area contributed by atoms with Gasteiger partial charge in [-0.2, -0.15) is 0 Å². The Morgan fingerprint density at radius 2 is 1.76 bits per heavy atom. The number of phenolic OH excluding ortho intramolecular Hbond substituents is 2. The fourth-order valence-corrected chi connectivity index (χ4v) is 4.88. The van der Waals surface area contributed by atoms with Crippen LogP contribution in [0.25, 0.3) is 0 Å². The molecule has 8 heteroatoms. The summed E-state index contributed by atoms with van der Waals surface area (Å²) in [6.07, 6.45) is 0.888. The first-order valence-corrected chi connectivity index (χ1v) is 10.6. The predicted molar refractivity (Wildman–Crippen MR) is 120 cm³/mol. The largest absolute Gasteiger partial charge is 0.504 e. The van der Waals surface area contributed by atoms with E-state index < -0.39 is 5.92 Å². The number of nitrogens with zero attached hydrogens (tertiary/aromatic N) is 1. The molecule has 170 valence electrons. The van der Waals surface area contributed by atoms with Crippen molar-refractivity contribution < 1.29 is 29.0 Å². The van der Waals surface area contributed by atoms with Crippen molar-refractivity contribution in [2.24, 2.45) is 0 Å². The summed E-state index contributed by atoms with van der Waals surface area (Å²) < 4.78 is 16.0. The summed E-state index contributed by atoms with van der Waals surface area (Å²) in [6.45, 7) is 1.84. The number of aromatic hydroxyl groups is 2. The molecule has 0 radical (unpaired) electrons. The molecule has 1 aliphatic heterocycles. The Bertz CT molecular complexity index is 1290. The second-order valence-corrected chi connectivity index (χ2v) is 8.35. The Kier molecular flexibility index (Phi) is 5.00. The first-order chi connectivity index (χ1) is 15.9. The second-order valence-electron chi connectivity index (χ2n) is 8.35. The molecule has 0 amide bonds. The number of aryl methyl sites for hydroxylation is 1. The lowest BCUT2D eigenvalue weighted by Crippen LogP contribution is -2.29. The molecule has 3 aromatic rings. The van der Waals surface area contributed by atoms with Gasteiger partial charge in [0, 0.05) is 23.6 Å². The zero-order valence-electron chi connectivity index (χ0n) is 18.5. The predicted octanol–water partition coefficient (Wildman–Crippen LogP) is 4.37. The topological polar surface area (TPSA) is 114 Å². The van der Waals surface area contributed by atoms with Gasteiger partial charge in [0.05, 0.1) is 25.5 Å². The van der Waals surface area contributed by atoms with Gasteiger partial charge in [-0.1, -0.05) is 17.3 Å². The first-order valence-electron chi connectivity index (χ1n) is 10.6. The number of rotatable bonds is 4. The minimum absolute atomic E-state index is 0.00339. The van der Waals surface area contributed by atoms with E-state index >= 15 is 0 Å². The van der Waals surface area contributed by atoms with E-state index in [1.54, 1.807) is 24.3 Å². The lowest BCUT2D eigenvalue weighted by atomic mass is 9.72. The third-order valence-electron chi connectivity index (χ3n) is 6.47. The van der Waals surface area contributed by atoms with Crippen LogP contribution >= 0.6 is 0 Å². The summed E-state index contributed by atoms with van der Waals surface area (Å²) in [6, 6.07) is 10.3. The van der Waals surface area contributed by atoms with Gasteiger partial charge in [-0.05, 0) is 54.7 Å². The lowest BCUT2D eigenvalue weighted by molar-refractivity contribution is -0.116. The summed E-state index contributed by atoms with van der Waals surface area (Å²) in [5.74, 6) is 0.798. The van der Waals surface area contributed by atoms with Gasteiger partial charge < -0.3 is 29.5 Å². The fraction of sp³-hybridized carbons (Fsp3) is 0.280. The van der Waals surface area contributed by atoms with E-state index in [-0.39, 0.29) is 23.2 Å². The van der Waals surface area contributed by atoms with Crippen LogP contribution in [0.1, 0.15) is 47.1 Å². The van der Waals surface area contributed by atoms with Crippen LogP contribution < -0.4 is 14.8 Å². The van der Waals surface area contributed by atoms with Crippen molar-refractivity contribution in [3.05, 3.63) is 70.1 Å². The molecule has 0 saturated carbocycles. The molecule has 5 rings (SSSR count). The Morgan fingerprint density at radius 3 is 2.48 bits per heavy atom. The molecule has 0 saturated heterocycles. The van der Waals surface area contributed by atoms with Gasteiger partial charge in [0.1, 0.15) is 0 Å². The molecule has 33 heavy (non-hydrogen) atoms. The van der Waals surface area contributed by atoms with Crippen LogP contribution in [0.4, 0.5) is 5.88 Å². The fourth-order valence-electron chi connectivity index (χ4n) is 4.88. The van der Waals surface area contributed by atoms with Gasteiger partial charge in [0.25, 0.3) is 0 Å². The number of hydrogen-bond acceptors (Lipinski definition) is 8. The molecule has 8 nitrogen and oxygen atoms in total. The van der Waals surface area contributed by atoms with Crippen LogP contribution in [0.3, 0.4) is 0 Å². The Morgan fingerprint density at radius 1 is 1.00 bits per heavy atom. The van der Waals surface area contributed by atoms with Gasteiger partial charge in [-0.15, -0.1) is 0 Å². The van der Waals surface area contributed by atoms with Crippen molar-refractivity contribution in [1.29, 1.82) is 0 Å². The normalized spacial score (nSPS) is 19.5. The average molecular weight is 448 g/mol. The van der Waals surface area contributed by atoms with Gasteiger partial charge >= 0.3 is 0 Å². The highest BCUT2D eigenvalue weighted by molar-refractivity contribution is 6.01. The smallest absolute Gasteiger partial charge is 0.233 e. The Hall–Kier alpha value is -3.94. The molecule has 0 unspecified atom stereocenters.